The predicted molar refractivity (Wildman–Crippen MR) is 115 cm³/mol. The highest BCUT2D eigenvalue weighted by Crippen LogP contribution is 2.22. The molecule has 162 valence electrons. The van der Waals surface area contributed by atoms with Gasteiger partial charge in [0.1, 0.15) is 16.4 Å². The maximum atomic E-state index is 12.9. The Kier molecular flexibility index (Phi) is 6.10. The zero-order chi connectivity index (χ0) is 21.1. The first-order valence-corrected chi connectivity index (χ1v) is 12.0. The third-order valence-electron chi connectivity index (χ3n) is 5.86. The lowest BCUT2D eigenvalue weighted by Crippen LogP contribution is -2.35. The molecule has 0 bridgehead atoms. The standard InChI is InChI=1S/C21H29N5O3S/c1-24-16-18(30(28,29)26-11-3-2-4-12-26)13-19(24)21(27)23-15-17-7-8-20(22-14-17)25-9-5-6-10-25/h7-8,13-14,16H,2-6,9-12,15H2,1H3,(H,23,27). The number of carbonyl (C=O) groups excluding carboxylic acids is 1. The van der Waals surface area contributed by atoms with Gasteiger partial charge < -0.3 is 14.8 Å². The van der Waals surface area contributed by atoms with Crippen LogP contribution in [0.2, 0.25) is 0 Å². The summed E-state index contributed by atoms with van der Waals surface area (Å²) in [6, 6.07) is 5.42. The number of rotatable bonds is 6. The maximum absolute atomic E-state index is 12.9. The molecule has 0 saturated carbocycles. The summed E-state index contributed by atoms with van der Waals surface area (Å²) in [6.07, 6.45) is 8.52. The fraction of sp³-hybridized carbons (Fsp3) is 0.524. The van der Waals surface area contributed by atoms with Gasteiger partial charge in [-0.05, 0) is 43.4 Å². The SMILES string of the molecule is Cn1cc(S(=O)(=O)N2CCCCC2)cc1C(=O)NCc1ccc(N2CCCC2)nc1. The molecule has 0 aromatic carbocycles. The summed E-state index contributed by atoms with van der Waals surface area (Å²) in [5.41, 5.74) is 1.23. The van der Waals surface area contributed by atoms with Crippen molar-refractivity contribution in [3.63, 3.8) is 0 Å². The molecule has 0 radical (unpaired) electrons. The number of nitrogens with zero attached hydrogens (tertiary/aromatic N) is 4. The highest BCUT2D eigenvalue weighted by atomic mass is 32.2. The van der Waals surface area contributed by atoms with Gasteiger partial charge in [0, 0.05) is 52.2 Å². The number of pyridine rings is 1. The van der Waals surface area contributed by atoms with Crippen molar-refractivity contribution in [2.45, 2.75) is 43.5 Å². The first-order valence-electron chi connectivity index (χ1n) is 10.6. The molecule has 0 unspecified atom stereocenters. The smallest absolute Gasteiger partial charge is 0.268 e. The van der Waals surface area contributed by atoms with Gasteiger partial charge in [-0.15, -0.1) is 0 Å². The van der Waals surface area contributed by atoms with Gasteiger partial charge in [0.15, 0.2) is 0 Å². The highest BCUT2D eigenvalue weighted by molar-refractivity contribution is 7.89. The van der Waals surface area contributed by atoms with Crippen LogP contribution < -0.4 is 10.2 Å². The summed E-state index contributed by atoms with van der Waals surface area (Å²) in [7, 11) is -1.87. The second-order valence-electron chi connectivity index (χ2n) is 8.04. The summed E-state index contributed by atoms with van der Waals surface area (Å²) in [6.45, 7) is 3.50. The van der Waals surface area contributed by atoms with E-state index in [2.05, 4.69) is 15.2 Å². The molecule has 1 amide bonds. The number of carbonyl (C=O) groups is 1. The Morgan fingerprint density at radius 1 is 1.07 bits per heavy atom. The number of hydrogen-bond donors (Lipinski definition) is 1. The number of piperidine rings is 1. The van der Waals surface area contributed by atoms with Crippen molar-refractivity contribution in [1.29, 1.82) is 0 Å². The molecule has 9 heteroatoms. The molecule has 0 spiro atoms. The molecule has 2 aromatic heterocycles. The Labute approximate surface area is 177 Å². The fourth-order valence-electron chi connectivity index (χ4n) is 4.08. The molecule has 8 nitrogen and oxygen atoms in total. The van der Waals surface area contributed by atoms with Gasteiger partial charge in [-0.3, -0.25) is 4.79 Å². The lowest BCUT2D eigenvalue weighted by atomic mass is 10.2. The van der Waals surface area contributed by atoms with E-state index in [0.29, 0.717) is 25.3 Å². The second-order valence-corrected chi connectivity index (χ2v) is 9.98. The van der Waals surface area contributed by atoms with Crippen molar-refractivity contribution in [1.82, 2.24) is 19.2 Å². The fourth-order valence-corrected chi connectivity index (χ4v) is 5.67. The lowest BCUT2D eigenvalue weighted by molar-refractivity contribution is 0.0942. The molecule has 30 heavy (non-hydrogen) atoms. The topological polar surface area (TPSA) is 87.5 Å². The molecule has 2 saturated heterocycles. The zero-order valence-electron chi connectivity index (χ0n) is 17.4. The lowest BCUT2D eigenvalue weighted by Gasteiger charge is -2.25. The number of anilines is 1. The zero-order valence-corrected chi connectivity index (χ0v) is 18.2. The normalized spacial score (nSPS) is 18.0. The van der Waals surface area contributed by atoms with Gasteiger partial charge >= 0.3 is 0 Å². The van der Waals surface area contributed by atoms with E-state index in [4.69, 9.17) is 0 Å². The van der Waals surface area contributed by atoms with Crippen LogP contribution in [0.15, 0.2) is 35.5 Å². The van der Waals surface area contributed by atoms with Crippen molar-refractivity contribution < 1.29 is 13.2 Å². The van der Waals surface area contributed by atoms with Crippen molar-refractivity contribution in [3.8, 4) is 0 Å². The summed E-state index contributed by atoms with van der Waals surface area (Å²) in [5.74, 6) is 0.666. The Morgan fingerprint density at radius 3 is 2.43 bits per heavy atom. The van der Waals surface area contributed by atoms with Crippen molar-refractivity contribution in [2.75, 3.05) is 31.1 Å². The van der Waals surface area contributed by atoms with E-state index in [-0.39, 0.29) is 10.8 Å². The Balaban J connectivity index is 1.40. The van der Waals surface area contributed by atoms with Gasteiger partial charge in [0.2, 0.25) is 10.0 Å². The van der Waals surface area contributed by atoms with Gasteiger partial charge in [0.05, 0.1) is 0 Å². The van der Waals surface area contributed by atoms with E-state index in [9.17, 15) is 13.2 Å². The average molecular weight is 432 g/mol. The van der Waals surface area contributed by atoms with E-state index in [1.54, 1.807) is 17.8 Å². The van der Waals surface area contributed by atoms with Crippen molar-refractivity contribution in [3.05, 3.63) is 41.9 Å². The van der Waals surface area contributed by atoms with Crippen LogP contribution in [-0.2, 0) is 23.6 Å². The van der Waals surface area contributed by atoms with E-state index in [1.165, 1.54) is 29.4 Å². The van der Waals surface area contributed by atoms with Gasteiger partial charge in [0.25, 0.3) is 5.91 Å². The quantitative estimate of drug-likeness (QED) is 0.757. The molecular weight excluding hydrogens is 402 g/mol. The third kappa shape index (κ3) is 4.37. The number of aryl methyl sites for hydroxylation is 1. The maximum Gasteiger partial charge on any atom is 0.268 e. The van der Waals surface area contributed by atoms with Gasteiger partial charge in [-0.2, -0.15) is 4.31 Å². The molecule has 0 atom stereocenters. The summed E-state index contributed by atoms with van der Waals surface area (Å²) < 4.78 is 28.8. The van der Waals surface area contributed by atoms with Crippen molar-refractivity contribution in [2.24, 2.45) is 7.05 Å². The van der Waals surface area contributed by atoms with Crippen LogP contribution in [0.5, 0.6) is 0 Å². The summed E-state index contributed by atoms with van der Waals surface area (Å²) in [5, 5.41) is 2.87. The number of nitrogens with one attached hydrogen (secondary N) is 1. The molecule has 2 aliphatic rings. The molecule has 2 aromatic rings. The number of sulfonamides is 1. The first-order chi connectivity index (χ1) is 14.4. The van der Waals surface area contributed by atoms with Crippen LogP contribution >= 0.6 is 0 Å². The van der Waals surface area contributed by atoms with Crippen LogP contribution in [0, 0.1) is 0 Å². The predicted octanol–water partition coefficient (Wildman–Crippen LogP) is 2.12. The summed E-state index contributed by atoms with van der Waals surface area (Å²) >= 11 is 0. The molecule has 0 aliphatic carbocycles. The van der Waals surface area contributed by atoms with E-state index >= 15 is 0 Å². The highest BCUT2D eigenvalue weighted by Gasteiger charge is 2.28. The van der Waals surface area contributed by atoms with Crippen LogP contribution in [-0.4, -0.2) is 54.4 Å². The Bertz CT molecular complexity index is 988. The molecule has 4 rings (SSSR count). The third-order valence-corrected chi connectivity index (χ3v) is 7.72. The Morgan fingerprint density at radius 2 is 1.77 bits per heavy atom. The van der Waals surface area contributed by atoms with Gasteiger partial charge in [-0.1, -0.05) is 12.5 Å². The average Bonchev–Trinajstić information content (AvgIpc) is 3.43. The van der Waals surface area contributed by atoms with E-state index < -0.39 is 10.0 Å². The van der Waals surface area contributed by atoms with Crippen molar-refractivity contribution >= 4 is 21.7 Å². The molecule has 2 fully saturated rings. The summed E-state index contributed by atoms with van der Waals surface area (Å²) in [4.78, 5) is 19.6. The monoisotopic (exact) mass is 431 g/mol. The molecule has 4 heterocycles. The van der Waals surface area contributed by atoms with E-state index in [1.807, 2.05) is 12.1 Å². The number of hydrogen-bond acceptors (Lipinski definition) is 5. The van der Waals surface area contributed by atoms with Crippen LogP contribution in [0.4, 0.5) is 5.82 Å². The van der Waals surface area contributed by atoms with Gasteiger partial charge in [-0.25, -0.2) is 13.4 Å². The number of aromatic nitrogens is 2. The molecule has 1 N–H and O–H groups in total. The van der Waals surface area contributed by atoms with Crippen LogP contribution in [0.25, 0.3) is 0 Å². The Hall–Kier alpha value is -2.39. The molecule has 2 aliphatic heterocycles. The van der Waals surface area contributed by atoms with Crippen LogP contribution in [0.3, 0.4) is 0 Å². The first kappa shape index (κ1) is 20.9. The molecular formula is C21H29N5O3S. The minimum atomic E-state index is -3.56. The van der Waals surface area contributed by atoms with Crippen LogP contribution in [0.1, 0.15) is 48.2 Å². The minimum absolute atomic E-state index is 0.175. The largest absolute Gasteiger partial charge is 0.357 e. The van der Waals surface area contributed by atoms with E-state index in [0.717, 1.165) is 43.7 Å². The number of amides is 1. The second kappa shape index (κ2) is 8.77. The minimum Gasteiger partial charge on any atom is -0.357 e.